The Morgan fingerprint density at radius 3 is 2.77 bits per heavy atom. The van der Waals surface area contributed by atoms with Crippen molar-refractivity contribution in [1.82, 2.24) is 4.90 Å². The van der Waals surface area contributed by atoms with Crippen molar-refractivity contribution < 1.29 is 19.7 Å². The predicted octanol–water partition coefficient (Wildman–Crippen LogP) is 1.13. The Balaban J connectivity index is 1.86. The van der Waals surface area contributed by atoms with Crippen molar-refractivity contribution >= 4 is 5.97 Å². The minimum Gasteiger partial charge on any atom is -0.429 e. The number of fused-ring (bicyclic) bond motifs is 2. The van der Waals surface area contributed by atoms with Crippen LogP contribution in [-0.2, 0) is 9.53 Å². The molecule has 0 aromatic heterocycles. The molecule has 0 radical (unpaired) electrons. The average molecular weight is 309 g/mol. The molecule has 0 aromatic rings. The van der Waals surface area contributed by atoms with Crippen LogP contribution in [0.3, 0.4) is 0 Å². The number of hydrogen-bond donors (Lipinski definition) is 2. The van der Waals surface area contributed by atoms with E-state index in [4.69, 9.17) is 4.74 Å². The van der Waals surface area contributed by atoms with Crippen LogP contribution < -0.4 is 0 Å². The third-order valence-corrected chi connectivity index (χ3v) is 7.10. The van der Waals surface area contributed by atoms with Crippen LogP contribution in [0.15, 0.2) is 0 Å². The van der Waals surface area contributed by atoms with E-state index < -0.39 is 23.3 Å². The highest BCUT2D eigenvalue weighted by Crippen LogP contribution is 2.61. The molecule has 22 heavy (non-hydrogen) atoms. The summed E-state index contributed by atoms with van der Waals surface area (Å²) >= 11 is 0. The number of carbonyl (C=O) groups is 1. The highest BCUT2D eigenvalue weighted by molar-refractivity contribution is 5.77. The summed E-state index contributed by atoms with van der Waals surface area (Å²) in [5.74, 6) is -2.73. The Kier molecular flexibility index (Phi) is 3.17. The number of ether oxygens (including phenoxy) is 1. The van der Waals surface area contributed by atoms with Crippen molar-refractivity contribution in [3.8, 4) is 0 Å². The monoisotopic (exact) mass is 309 g/mol. The van der Waals surface area contributed by atoms with Crippen LogP contribution >= 0.6 is 0 Å². The molecule has 3 aliphatic heterocycles. The Hall–Kier alpha value is -0.650. The van der Waals surface area contributed by atoms with Gasteiger partial charge < -0.3 is 14.9 Å². The first-order valence-corrected chi connectivity index (χ1v) is 8.86. The first kappa shape index (κ1) is 14.9. The van der Waals surface area contributed by atoms with Gasteiger partial charge in [0.15, 0.2) is 0 Å². The first-order chi connectivity index (χ1) is 10.4. The Morgan fingerprint density at radius 1 is 1.27 bits per heavy atom. The zero-order valence-electron chi connectivity index (χ0n) is 13.5. The molecule has 0 aromatic carbocycles. The molecule has 5 nitrogen and oxygen atoms in total. The van der Waals surface area contributed by atoms with Gasteiger partial charge in [-0.3, -0.25) is 9.69 Å². The van der Waals surface area contributed by atoms with Crippen molar-refractivity contribution in [1.29, 1.82) is 0 Å². The van der Waals surface area contributed by atoms with Crippen LogP contribution in [0.2, 0.25) is 0 Å². The number of rotatable bonds is 1. The number of nitrogens with zero attached hydrogens (tertiary/aromatic N) is 1. The van der Waals surface area contributed by atoms with E-state index in [1.807, 2.05) is 6.92 Å². The third kappa shape index (κ3) is 1.53. The lowest BCUT2D eigenvalue weighted by Gasteiger charge is -2.56. The normalized spacial score (nSPS) is 54.5. The molecule has 0 spiro atoms. The van der Waals surface area contributed by atoms with Crippen LogP contribution in [0.4, 0.5) is 0 Å². The Labute approximate surface area is 131 Å². The molecule has 4 fully saturated rings. The summed E-state index contributed by atoms with van der Waals surface area (Å²) in [6.45, 7) is 5.78. The summed E-state index contributed by atoms with van der Waals surface area (Å²) in [4.78, 5) is 14.7. The number of esters is 1. The van der Waals surface area contributed by atoms with Gasteiger partial charge in [0.05, 0.1) is 5.92 Å². The van der Waals surface area contributed by atoms with Crippen molar-refractivity contribution in [2.45, 2.75) is 63.4 Å². The molecule has 0 bridgehead atoms. The van der Waals surface area contributed by atoms with Gasteiger partial charge in [-0.2, -0.15) is 0 Å². The fourth-order valence-corrected chi connectivity index (χ4v) is 6.14. The lowest BCUT2D eigenvalue weighted by Crippen LogP contribution is -2.71. The van der Waals surface area contributed by atoms with Gasteiger partial charge in [-0.15, -0.1) is 0 Å². The molecular weight excluding hydrogens is 282 g/mol. The summed E-state index contributed by atoms with van der Waals surface area (Å²) < 4.78 is 5.46. The number of hydrogen-bond acceptors (Lipinski definition) is 5. The van der Waals surface area contributed by atoms with Crippen LogP contribution in [0, 0.1) is 23.7 Å². The molecule has 1 saturated carbocycles. The van der Waals surface area contributed by atoms with Crippen molar-refractivity contribution in [3.63, 3.8) is 0 Å². The third-order valence-electron chi connectivity index (χ3n) is 7.10. The van der Waals surface area contributed by atoms with Gasteiger partial charge >= 0.3 is 5.97 Å². The molecule has 7 atom stereocenters. The van der Waals surface area contributed by atoms with Gasteiger partial charge in [-0.1, -0.05) is 13.3 Å². The maximum absolute atomic E-state index is 12.2. The van der Waals surface area contributed by atoms with Crippen LogP contribution in [0.25, 0.3) is 0 Å². The molecular formula is C17H27NO4. The molecule has 2 N–H and O–H groups in total. The van der Waals surface area contributed by atoms with E-state index in [-0.39, 0.29) is 17.9 Å². The zero-order valence-corrected chi connectivity index (χ0v) is 13.5. The van der Waals surface area contributed by atoms with Crippen LogP contribution in [-0.4, -0.2) is 51.6 Å². The standard InChI is InChI=1S/C17H27NO4/c1-3-12-11-6-4-5-8-18-9-7-13(14(11)18)16(20)10(2)15(19)22-17(12,16)21/h10-14,20-21H,3-9H2,1-2H3/t10-,11-,12-,13-,14-,16-,17-/m1/s1. The van der Waals surface area contributed by atoms with Crippen molar-refractivity contribution in [2.24, 2.45) is 23.7 Å². The quantitative estimate of drug-likeness (QED) is 0.711. The van der Waals surface area contributed by atoms with E-state index in [9.17, 15) is 15.0 Å². The average Bonchev–Trinajstić information content (AvgIpc) is 2.89. The topological polar surface area (TPSA) is 70.0 Å². The van der Waals surface area contributed by atoms with Crippen LogP contribution in [0.1, 0.15) is 46.0 Å². The van der Waals surface area contributed by atoms with Gasteiger partial charge in [0.2, 0.25) is 5.79 Å². The zero-order chi connectivity index (χ0) is 15.7. The molecule has 124 valence electrons. The summed E-state index contributed by atoms with van der Waals surface area (Å²) in [5, 5.41) is 22.8. The van der Waals surface area contributed by atoms with Crippen LogP contribution in [0.5, 0.6) is 0 Å². The number of carbonyl (C=O) groups excluding carboxylic acids is 1. The molecule has 1 aliphatic carbocycles. The predicted molar refractivity (Wildman–Crippen MR) is 79.7 cm³/mol. The van der Waals surface area contributed by atoms with Crippen molar-refractivity contribution in [2.75, 3.05) is 13.1 Å². The van der Waals surface area contributed by atoms with E-state index in [0.29, 0.717) is 5.92 Å². The Morgan fingerprint density at radius 2 is 2.05 bits per heavy atom. The summed E-state index contributed by atoms with van der Waals surface area (Å²) in [7, 11) is 0. The summed E-state index contributed by atoms with van der Waals surface area (Å²) in [6, 6.07) is 0.287. The first-order valence-electron chi connectivity index (χ1n) is 8.86. The fraction of sp³-hybridized carbons (Fsp3) is 0.941. The second-order valence-electron chi connectivity index (χ2n) is 7.76. The minimum absolute atomic E-state index is 0.0650. The largest absolute Gasteiger partial charge is 0.429 e. The van der Waals surface area contributed by atoms with E-state index in [1.165, 1.54) is 6.42 Å². The maximum Gasteiger partial charge on any atom is 0.314 e. The van der Waals surface area contributed by atoms with Gasteiger partial charge in [0.25, 0.3) is 0 Å². The number of aliphatic hydroxyl groups is 2. The molecule has 3 heterocycles. The summed E-state index contributed by atoms with van der Waals surface area (Å²) in [6.07, 6.45) is 4.96. The van der Waals surface area contributed by atoms with Gasteiger partial charge in [-0.25, -0.2) is 0 Å². The lowest BCUT2D eigenvalue weighted by atomic mass is 9.56. The smallest absolute Gasteiger partial charge is 0.314 e. The molecule has 0 amide bonds. The van der Waals surface area contributed by atoms with E-state index in [1.54, 1.807) is 6.92 Å². The van der Waals surface area contributed by atoms with Crippen molar-refractivity contribution in [3.05, 3.63) is 0 Å². The SMILES string of the molecule is CC[C@@H]1[C@H]2CCCCN3CC[C@H]([C@@H]23)[C@]2(O)[C@H](C)C(=O)O[C@]12O. The highest BCUT2D eigenvalue weighted by atomic mass is 16.7. The second kappa shape index (κ2) is 4.68. The Bertz CT molecular complexity index is 497. The minimum atomic E-state index is -1.70. The molecule has 4 rings (SSSR count). The maximum atomic E-state index is 12.2. The summed E-state index contributed by atoms with van der Waals surface area (Å²) in [5.41, 5.74) is -1.44. The lowest BCUT2D eigenvalue weighted by molar-refractivity contribution is -0.328. The van der Waals surface area contributed by atoms with E-state index >= 15 is 0 Å². The molecule has 0 unspecified atom stereocenters. The van der Waals surface area contributed by atoms with E-state index in [0.717, 1.165) is 38.8 Å². The van der Waals surface area contributed by atoms with Gasteiger partial charge in [0.1, 0.15) is 5.60 Å². The van der Waals surface area contributed by atoms with Gasteiger partial charge in [-0.05, 0) is 51.6 Å². The van der Waals surface area contributed by atoms with E-state index in [2.05, 4.69) is 4.90 Å². The fourth-order valence-electron chi connectivity index (χ4n) is 6.14. The molecule has 5 heteroatoms. The molecule has 3 saturated heterocycles. The second-order valence-corrected chi connectivity index (χ2v) is 7.76. The van der Waals surface area contributed by atoms with Gasteiger partial charge in [0, 0.05) is 17.9 Å². The molecule has 4 aliphatic rings. The highest BCUT2D eigenvalue weighted by Gasteiger charge is 2.76.